The van der Waals surface area contributed by atoms with E-state index in [1.165, 1.54) is 36.8 Å². The van der Waals surface area contributed by atoms with E-state index in [0.29, 0.717) is 18.5 Å². The van der Waals surface area contributed by atoms with Crippen LogP contribution in [0.15, 0.2) is 36.4 Å². The van der Waals surface area contributed by atoms with E-state index in [1.807, 2.05) is 12.1 Å². The summed E-state index contributed by atoms with van der Waals surface area (Å²) in [5.41, 5.74) is 4.85. The maximum Gasteiger partial charge on any atom is 0.173 e. The first-order chi connectivity index (χ1) is 14.4. The predicted octanol–water partition coefficient (Wildman–Crippen LogP) is 6.28. The van der Waals surface area contributed by atoms with Gasteiger partial charge >= 0.3 is 0 Å². The largest absolute Gasteiger partial charge is 0.497 e. The molecule has 0 saturated heterocycles. The van der Waals surface area contributed by atoms with Gasteiger partial charge in [0.25, 0.3) is 0 Å². The average molecular weight is 427 g/mol. The molecule has 162 valence electrons. The summed E-state index contributed by atoms with van der Waals surface area (Å²) in [6, 6.07) is 12.8. The summed E-state index contributed by atoms with van der Waals surface area (Å²) in [7, 11) is 3.38. The van der Waals surface area contributed by atoms with Gasteiger partial charge in [-0.3, -0.25) is 0 Å². The van der Waals surface area contributed by atoms with Crippen LogP contribution in [-0.4, -0.2) is 30.3 Å². The number of nitrogens with one attached hydrogen (secondary N) is 1. The van der Waals surface area contributed by atoms with Crippen LogP contribution >= 0.6 is 12.2 Å². The first kappa shape index (κ1) is 22.4. The molecule has 2 aromatic carbocycles. The highest BCUT2D eigenvalue weighted by Gasteiger charge is 2.26. The van der Waals surface area contributed by atoms with Crippen LogP contribution in [0.3, 0.4) is 0 Å². The van der Waals surface area contributed by atoms with Gasteiger partial charge in [0.15, 0.2) is 5.11 Å². The minimum atomic E-state index is 0.429. The Morgan fingerprint density at radius 1 is 1.13 bits per heavy atom. The molecule has 0 amide bonds. The third kappa shape index (κ3) is 5.07. The summed E-state index contributed by atoms with van der Waals surface area (Å²) < 4.78 is 11.0. The number of rotatable bonds is 7. The number of nitrogens with zero attached hydrogens (tertiary/aromatic N) is 1. The molecule has 5 heteroatoms. The number of anilines is 1. The smallest absolute Gasteiger partial charge is 0.173 e. The topological polar surface area (TPSA) is 33.7 Å². The standard InChI is InChI=1S/C25H34N2O2S/c1-17(2)24-18(3)9-8-12-22(24)26-25(30)27(20-10-6-7-11-20)16-19-13-14-21(28-4)15-23(19)29-5/h8-9,12-15,17,20H,6-7,10-11,16H2,1-5H3,(H,26,30). The molecule has 0 aromatic heterocycles. The molecular weight excluding hydrogens is 392 g/mol. The molecule has 1 fully saturated rings. The minimum absolute atomic E-state index is 0.429. The zero-order chi connectivity index (χ0) is 21.7. The van der Waals surface area contributed by atoms with E-state index in [9.17, 15) is 0 Å². The molecule has 0 heterocycles. The van der Waals surface area contributed by atoms with Crippen LogP contribution in [0, 0.1) is 6.92 Å². The van der Waals surface area contributed by atoms with Crippen molar-refractivity contribution in [1.82, 2.24) is 4.90 Å². The van der Waals surface area contributed by atoms with Gasteiger partial charge in [0, 0.05) is 29.9 Å². The Morgan fingerprint density at radius 3 is 2.50 bits per heavy atom. The molecule has 3 rings (SSSR count). The number of hydrogen-bond donors (Lipinski definition) is 1. The Hall–Kier alpha value is -2.27. The first-order valence-corrected chi connectivity index (χ1v) is 11.2. The molecule has 1 saturated carbocycles. The maximum atomic E-state index is 5.96. The number of hydrogen-bond acceptors (Lipinski definition) is 3. The average Bonchev–Trinajstić information content (AvgIpc) is 3.26. The van der Waals surface area contributed by atoms with Crippen LogP contribution in [-0.2, 0) is 6.54 Å². The Bertz CT molecular complexity index is 875. The quantitative estimate of drug-likeness (QED) is 0.527. The maximum absolute atomic E-state index is 5.96. The van der Waals surface area contributed by atoms with Gasteiger partial charge in [-0.25, -0.2) is 0 Å². The van der Waals surface area contributed by atoms with Gasteiger partial charge in [-0.15, -0.1) is 0 Å². The zero-order valence-corrected chi connectivity index (χ0v) is 19.6. The fourth-order valence-corrected chi connectivity index (χ4v) is 4.82. The van der Waals surface area contributed by atoms with Crippen LogP contribution in [0.25, 0.3) is 0 Å². The van der Waals surface area contributed by atoms with E-state index in [4.69, 9.17) is 21.7 Å². The Morgan fingerprint density at radius 2 is 1.87 bits per heavy atom. The first-order valence-electron chi connectivity index (χ1n) is 10.8. The van der Waals surface area contributed by atoms with Gasteiger partial charge in [0.2, 0.25) is 0 Å². The zero-order valence-electron chi connectivity index (χ0n) is 18.8. The molecule has 0 unspecified atom stereocenters. The number of benzene rings is 2. The van der Waals surface area contributed by atoms with Crippen molar-refractivity contribution in [2.45, 2.75) is 65.0 Å². The van der Waals surface area contributed by atoms with Crippen molar-refractivity contribution in [3.05, 3.63) is 53.1 Å². The summed E-state index contributed by atoms with van der Waals surface area (Å²) in [6.07, 6.45) is 4.85. The molecule has 2 aromatic rings. The second-order valence-corrected chi connectivity index (χ2v) is 8.75. The summed E-state index contributed by atoms with van der Waals surface area (Å²) in [5.74, 6) is 2.06. The molecular formula is C25H34N2O2S. The lowest BCUT2D eigenvalue weighted by molar-refractivity contribution is 0.304. The third-order valence-corrected chi connectivity index (χ3v) is 6.34. The van der Waals surface area contributed by atoms with E-state index in [2.05, 4.69) is 55.3 Å². The van der Waals surface area contributed by atoms with E-state index in [-0.39, 0.29) is 0 Å². The highest BCUT2D eigenvalue weighted by atomic mass is 32.1. The fourth-order valence-electron chi connectivity index (χ4n) is 4.49. The summed E-state index contributed by atoms with van der Waals surface area (Å²) >= 11 is 5.96. The molecule has 0 radical (unpaired) electrons. The minimum Gasteiger partial charge on any atom is -0.497 e. The van der Waals surface area contributed by atoms with Crippen molar-refractivity contribution in [3.8, 4) is 11.5 Å². The highest BCUT2D eigenvalue weighted by molar-refractivity contribution is 7.80. The van der Waals surface area contributed by atoms with Crippen molar-refractivity contribution in [2.75, 3.05) is 19.5 Å². The van der Waals surface area contributed by atoms with Gasteiger partial charge in [-0.2, -0.15) is 0 Å². The van der Waals surface area contributed by atoms with E-state index < -0.39 is 0 Å². The van der Waals surface area contributed by atoms with E-state index >= 15 is 0 Å². The van der Waals surface area contributed by atoms with Crippen molar-refractivity contribution >= 4 is 23.0 Å². The fraction of sp³-hybridized carbons (Fsp3) is 0.480. The van der Waals surface area contributed by atoms with Crippen LogP contribution in [0.2, 0.25) is 0 Å². The summed E-state index contributed by atoms with van der Waals surface area (Å²) in [6.45, 7) is 7.34. The van der Waals surface area contributed by atoms with Crippen molar-refractivity contribution < 1.29 is 9.47 Å². The molecule has 30 heavy (non-hydrogen) atoms. The number of thiocarbonyl (C=S) groups is 1. The Balaban J connectivity index is 1.88. The lowest BCUT2D eigenvalue weighted by Gasteiger charge is -2.33. The number of ether oxygens (including phenoxy) is 2. The van der Waals surface area contributed by atoms with Crippen LogP contribution in [0.1, 0.15) is 62.1 Å². The molecule has 1 aliphatic carbocycles. The highest BCUT2D eigenvalue weighted by Crippen LogP contribution is 2.32. The Kier molecular flexibility index (Phi) is 7.59. The van der Waals surface area contributed by atoms with Crippen molar-refractivity contribution in [3.63, 3.8) is 0 Å². The van der Waals surface area contributed by atoms with Gasteiger partial charge < -0.3 is 19.7 Å². The third-order valence-electron chi connectivity index (χ3n) is 6.00. The molecule has 1 aliphatic rings. The van der Waals surface area contributed by atoms with Crippen LogP contribution in [0.5, 0.6) is 11.5 Å². The van der Waals surface area contributed by atoms with Gasteiger partial charge in [-0.1, -0.05) is 38.8 Å². The van der Waals surface area contributed by atoms with E-state index in [1.54, 1.807) is 14.2 Å². The lowest BCUT2D eigenvalue weighted by atomic mass is 9.96. The van der Waals surface area contributed by atoms with Gasteiger partial charge in [0.05, 0.1) is 14.2 Å². The van der Waals surface area contributed by atoms with E-state index in [0.717, 1.165) is 27.9 Å². The molecule has 0 aliphatic heterocycles. The lowest BCUT2D eigenvalue weighted by Crippen LogP contribution is -2.41. The molecule has 0 atom stereocenters. The van der Waals surface area contributed by atoms with Crippen LogP contribution in [0.4, 0.5) is 5.69 Å². The molecule has 0 spiro atoms. The monoisotopic (exact) mass is 426 g/mol. The molecule has 1 N–H and O–H groups in total. The summed E-state index contributed by atoms with van der Waals surface area (Å²) in [4.78, 5) is 2.35. The molecule has 4 nitrogen and oxygen atoms in total. The van der Waals surface area contributed by atoms with Crippen LogP contribution < -0.4 is 14.8 Å². The number of aryl methyl sites for hydroxylation is 1. The normalized spacial score (nSPS) is 14.1. The summed E-state index contributed by atoms with van der Waals surface area (Å²) in [5, 5.41) is 4.37. The SMILES string of the molecule is COc1ccc(CN(C(=S)Nc2cccc(C)c2C(C)C)C2CCCC2)c(OC)c1. The van der Waals surface area contributed by atoms with Crippen molar-refractivity contribution in [1.29, 1.82) is 0 Å². The number of methoxy groups -OCH3 is 2. The Labute approximate surface area is 186 Å². The predicted molar refractivity (Wildman–Crippen MR) is 129 cm³/mol. The van der Waals surface area contributed by atoms with Gasteiger partial charge in [-0.05, 0) is 67.2 Å². The second kappa shape index (κ2) is 10.2. The van der Waals surface area contributed by atoms with Crippen molar-refractivity contribution in [2.24, 2.45) is 0 Å². The van der Waals surface area contributed by atoms with Gasteiger partial charge in [0.1, 0.15) is 11.5 Å². The second-order valence-electron chi connectivity index (χ2n) is 8.36. The molecule has 0 bridgehead atoms.